The number of ether oxygens (including phenoxy) is 3. The minimum atomic E-state index is -1.19. The van der Waals surface area contributed by atoms with Gasteiger partial charge in [0.1, 0.15) is 11.7 Å². The molecule has 2 aliphatic heterocycles. The number of methoxy groups -OCH3 is 1. The lowest BCUT2D eigenvalue weighted by molar-refractivity contribution is -0.227. The molecular formula is C28H37NO5S. The third kappa shape index (κ3) is 5.10. The number of aryl methyl sites for hydroxylation is 1. The predicted molar refractivity (Wildman–Crippen MR) is 138 cm³/mol. The van der Waals surface area contributed by atoms with Crippen LogP contribution in [-0.4, -0.2) is 47.3 Å². The van der Waals surface area contributed by atoms with E-state index in [9.17, 15) is 9.90 Å². The normalized spacial score (nSPS) is 36.2. The molecule has 7 heteroatoms. The molecule has 0 aromatic carbocycles. The summed E-state index contributed by atoms with van der Waals surface area (Å²) >= 11 is 1.54. The van der Waals surface area contributed by atoms with E-state index in [2.05, 4.69) is 37.9 Å². The minimum absolute atomic E-state index is 0.155. The first-order chi connectivity index (χ1) is 16.6. The van der Waals surface area contributed by atoms with Gasteiger partial charge in [0.25, 0.3) is 0 Å². The predicted octanol–water partition coefficient (Wildman–Crippen LogP) is 5.24. The molecule has 3 heterocycles. The summed E-state index contributed by atoms with van der Waals surface area (Å²) in [6.07, 6.45) is 12.4. The van der Waals surface area contributed by atoms with E-state index in [0.29, 0.717) is 23.8 Å². The lowest BCUT2D eigenvalue weighted by Gasteiger charge is -2.41. The number of hydrogen-bond donors (Lipinski definition) is 1. The molecule has 0 saturated heterocycles. The van der Waals surface area contributed by atoms with Gasteiger partial charge in [-0.05, 0) is 75.5 Å². The molecule has 0 saturated carbocycles. The number of aliphatic hydroxyl groups is 1. The fourth-order valence-corrected chi connectivity index (χ4v) is 6.30. The second-order valence-corrected chi connectivity index (χ2v) is 11.5. The van der Waals surface area contributed by atoms with Crippen molar-refractivity contribution in [3.05, 3.63) is 57.6 Å². The van der Waals surface area contributed by atoms with Gasteiger partial charge in [-0.25, -0.2) is 9.78 Å². The van der Waals surface area contributed by atoms with Crippen molar-refractivity contribution in [2.75, 3.05) is 13.7 Å². The van der Waals surface area contributed by atoms with Crippen LogP contribution in [0, 0.1) is 30.6 Å². The van der Waals surface area contributed by atoms with Crippen LogP contribution in [0.2, 0.25) is 0 Å². The number of hydrogen-bond acceptors (Lipinski definition) is 7. The van der Waals surface area contributed by atoms with E-state index in [0.717, 1.165) is 17.1 Å². The molecule has 190 valence electrons. The van der Waals surface area contributed by atoms with E-state index < -0.39 is 23.5 Å². The van der Waals surface area contributed by atoms with Gasteiger partial charge >= 0.3 is 5.97 Å². The van der Waals surface area contributed by atoms with E-state index in [1.807, 2.05) is 31.4 Å². The summed E-state index contributed by atoms with van der Waals surface area (Å²) < 4.78 is 18.5. The van der Waals surface area contributed by atoms with E-state index in [1.165, 1.54) is 23.0 Å². The Balaban J connectivity index is 1.71. The van der Waals surface area contributed by atoms with Crippen LogP contribution < -0.4 is 0 Å². The summed E-state index contributed by atoms with van der Waals surface area (Å²) in [5.41, 5.74) is 1.81. The monoisotopic (exact) mass is 499 g/mol. The number of carbonyl (C=O) groups excluding carboxylic acids is 1. The van der Waals surface area contributed by atoms with Crippen molar-refractivity contribution in [1.29, 1.82) is 0 Å². The molecule has 6 nitrogen and oxygen atoms in total. The number of aromatic nitrogens is 1. The van der Waals surface area contributed by atoms with Gasteiger partial charge in [0, 0.05) is 24.1 Å². The molecule has 0 radical (unpaired) electrons. The van der Waals surface area contributed by atoms with Crippen molar-refractivity contribution in [3.8, 4) is 0 Å². The number of esters is 1. The zero-order valence-electron chi connectivity index (χ0n) is 21.5. The highest BCUT2D eigenvalue weighted by atomic mass is 32.1. The summed E-state index contributed by atoms with van der Waals surface area (Å²) in [6.45, 7) is 10.3. The highest BCUT2D eigenvalue weighted by Gasteiger charge is 2.53. The van der Waals surface area contributed by atoms with Gasteiger partial charge in [0.15, 0.2) is 0 Å². The Hall–Kier alpha value is -2.06. The summed E-state index contributed by atoms with van der Waals surface area (Å²) in [6, 6.07) is 0. The fourth-order valence-electron chi connectivity index (χ4n) is 5.72. The number of fused-ring (bicyclic) bond motifs is 3. The van der Waals surface area contributed by atoms with Crippen molar-refractivity contribution in [3.63, 3.8) is 0 Å². The molecule has 6 atom stereocenters. The molecule has 1 aromatic heterocycles. The van der Waals surface area contributed by atoms with Gasteiger partial charge in [0.05, 0.1) is 17.3 Å². The fraction of sp³-hybridized carbons (Fsp3) is 0.571. The maximum absolute atomic E-state index is 13.0. The third-order valence-electron chi connectivity index (χ3n) is 7.82. The van der Waals surface area contributed by atoms with Crippen LogP contribution in [-0.2, 0) is 19.0 Å². The molecule has 3 aliphatic rings. The largest absolute Gasteiger partial charge is 0.456 e. The molecule has 0 fully saturated rings. The summed E-state index contributed by atoms with van der Waals surface area (Å²) in [7, 11) is 1.58. The van der Waals surface area contributed by atoms with Crippen molar-refractivity contribution in [1.82, 2.24) is 4.98 Å². The van der Waals surface area contributed by atoms with Gasteiger partial charge < -0.3 is 19.3 Å². The molecule has 0 spiro atoms. The highest BCUT2D eigenvalue weighted by molar-refractivity contribution is 7.09. The zero-order chi connectivity index (χ0) is 25.4. The van der Waals surface area contributed by atoms with Crippen LogP contribution in [0.5, 0.6) is 0 Å². The molecule has 35 heavy (non-hydrogen) atoms. The van der Waals surface area contributed by atoms with Crippen LogP contribution in [0.1, 0.15) is 51.2 Å². The summed E-state index contributed by atoms with van der Waals surface area (Å²) in [5.74, 6) is -0.439. The maximum Gasteiger partial charge on any atom is 0.331 e. The van der Waals surface area contributed by atoms with Crippen LogP contribution in [0.4, 0.5) is 0 Å². The number of thiazole rings is 1. The smallest absolute Gasteiger partial charge is 0.331 e. The number of allylic oxidation sites excluding steroid dienone is 3. The Morgan fingerprint density at radius 1 is 1.37 bits per heavy atom. The lowest BCUT2D eigenvalue weighted by Crippen LogP contribution is -2.47. The lowest BCUT2D eigenvalue weighted by atomic mass is 9.65. The van der Waals surface area contributed by atoms with Gasteiger partial charge in [-0.2, -0.15) is 0 Å². The quantitative estimate of drug-likeness (QED) is 0.328. The SMILES string of the molecule is CO[C@]12C=C[C@](C)(O1)[C@@H](OC(=O)/C=C/c1csc(C)n1)C[C@H]1C(C)=CC[C@H](C(C)C)[C@H]1/C=C\2CO. The Morgan fingerprint density at radius 3 is 2.77 bits per heavy atom. The van der Waals surface area contributed by atoms with E-state index >= 15 is 0 Å². The van der Waals surface area contributed by atoms with Crippen molar-refractivity contribution < 1.29 is 24.1 Å². The summed E-state index contributed by atoms with van der Waals surface area (Å²) in [4.78, 5) is 17.3. The van der Waals surface area contributed by atoms with Gasteiger partial charge in [-0.1, -0.05) is 31.6 Å². The van der Waals surface area contributed by atoms with Crippen LogP contribution >= 0.6 is 11.3 Å². The average Bonchev–Trinajstić information content (AvgIpc) is 3.41. The van der Waals surface area contributed by atoms with E-state index in [4.69, 9.17) is 14.2 Å². The van der Waals surface area contributed by atoms with Crippen LogP contribution in [0.15, 0.2) is 46.9 Å². The summed E-state index contributed by atoms with van der Waals surface area (Å²) in [5, 5.41) is 13.2. The number of carbonyl (C=O) groups is 1. The average molecular weight is 500 g/mol. The minimum Gasteiger partial charge on any atom is -0.456 e. The Labute approximate surface area is 212 Å². The second kappa shape index (κ2) is 10.1. The van der Waals surface area contributed by atoms with E-state index in [1.54, 1.807) is 13.2 Å². The van der Waals surface area contributed by atoms with E-state index in [-0.39, 0.29) is 18.4 Å². The van der Waals surface area contributed by atoms with Gasteiger partial charge in [0.2, 0.25) is 5.79 Å². The van der Waals surface area contributed by atoms with Crippen molar-refractivity contribution in [2.24, 2.45) is 23.7 Å². The Bertz CT molecular complexity index is 1070. The highest BCUT2D eigenvalue weighted by Crippen LogP contribution is 2.49. The maximum atomic E-state index is 13.0. The standard InChI is InChI=1S/C28H37NO5S/c1-17(2)22-9-7-18(3)23-14-25(33-26(31)10-8-21-16-35-19(4)29-21)27(5)11-12-28(32-6,34-27)20(15-30)13-24(22)23/h7-8,10-13,16-17,22-25,30H,9,14-15H2,1-6H3/b10-8+,20-13-/t22-,23+,24-,25+,27+,28-/m1/s1. The van der Waals surface area contributed by atoms with Crippen molar-refractivity contribution in [2.45, 2.75) is 65.0 Å². The van der Waals surface area contributed by atoms with Crippen LogP contribution in [0.3, 0.4) is 0 Å². The topological polar surface area (TPSA) is 77.9 Å². The molecule has 0 amide bonds. The molecular weight excluding hydrogens is 462 g/mol. The van der Waals surface area contributed by atoms with Crippen molar-refractivity contribution >= 4 is 23.4 Å². The second-order valence-electron chi connectivity index (χ2n) is 10.4. The van der Waals surface area contributed by atoms with Crippen LogP contribution in [0.25, 0.3) is 6.08 Å². The van der Waals surface area contributed by atoms with Gasteiger partial charge in [-0.3, -0.25) is 0 Å². The molecule has 0 unspecified atom stereocenters. The number of aliphatic hydroxyl groups excluding tert-OH is 1. The molecule has 2 bridgehead atoms. The number of nitrogens with zero attached hydrogens (tertiary/aromatic N) is 1. The first-order valence-electron chi connectivity index (χ1n) is 12.4. The zero-order valence-corrected chi connectivity index (χ0v) is 22.3. The molecule has 4 rings (SSSR count). The first-order valence-corrected chi connectivity index (χ1v) is 13.2. The number of rotatable bonds is 6. The molecule has 1 N–H and O–H groups in total. The third-order valence-corrected chi connectivity index (χ3v) is 8.62. The van der Waals surface area contributed by atoms with Gasteiger partial charge in [-0.15, -0.1) is 11.3 Å². The first kappa shape index (κ1) is 26.0. The Kier molecular flexibility index (Phi) is 7.53. The Morgan fingerprint density at radius 2 is 2.14 bits per heavy atom. The molecule has 1 aliphatic carbocycles. The molecule has 1 aromatic rings.